The summed E-state index contributed by atoms with van der Waals surface area (Å²) in [4.78, 5) is 24.8. The van der Waals surface area contributed by atoms with E-state index < -0.39 is 43.8 Å². The molecule has 0 aliphatic carbocycles. The third kappa shape index (κ3) is 10.2. The lowest BCUT2D eigenvalue weighted by Crippen LogP contribution is -2.42. The molecule has 5 atom stereocenters. The molecule has 1 aromatic carbocycles. The number of nitrogens with two attached hydrogens (primary N) is 1. The molecular weight excluding hydrogens is 642 g/mol. The number of ether oxygens (including phenoxy) is 2. The molecular formula is C33H50FN6O7P. The number of hydrogen-bond donors (Lipinski definition) is 3. The molecule has 266 valence electrons. The van der Waals surface area contributed by atoms with Crippen molar-refractivity contribution in [3.05, 3.63) is 42.7 Å². The van der Waals surface area contributed by atoms with Gasteiger partial charge in [0.1, 0.15) is 29.7 Å². The summed E-state index contributed by atoms with van der Waals surface area (Å²) >= 11 is 0. The third-order valence-corrected chi connectivity index (χ3v) is 10.1. The first-order valence-electron chi connectivity index (χ1n) is 17.0. The molecule has 1 fully saturated rings. The normalized spacial score (nSPS) is 21.4. The zero-order valence-corrected chi connectivity index (χ0v) is 29.2. The molecule has 0 radical (unpaired) electrons. The zero-order chi connectivity index (χ0) is 34.7. The van der Waals surface area contributed by atoms with Gasteiger partial charge < -0.3 is 24.8 Å². The fourth-order valence-corrected chi connectivity index (χ4v) is 7.22. The second-order valence-electron chi connectivity index (χ2n) is 12.6. The number of para-hydroxylation sites is 1. The van der Waals surface area contributed by atoms with Gasteiger partial charge in [-0.1, -0.05) is 70.6 Å². The van der Waals surface area contributed by atoms with E-state index in [-0.39, 0.29) is 41.9 Å². The monoisotopic (exact) mass is 692 g/mol. The fraction of sp³-hybridized carbons (Fsp3) is 0.636. The zero-order valence-electron chi connectivity index (χ0n) is 28.3. The number of carbonyl (C=O) groups excluding carboxylic acids is 1. The SMILES string of the molecule is CCCCCCC(CCCCCC)OC(=O)[C@H](C)NP(=O)(OC[C@@]1(C)O[C@@H](n2cnc3c(N)nc(F)nc32)C[C@@H]1O)Oc1ccccc1. The molecule has 0 amide bonds. The lowest BCUT2D eigenvalue weighted by Gasteiger charge is -2.30. The molecule has 3 heterocycles. The van der Waals surface area contributed by atoms with Gasteiger partial charge in [0.15, 0.2) is 17.0 Å². The van der Waals surface area contributed by atoms with Crippen LogP contribution in [0.3, 0.4) is 0 Å². The van der Waals surface area contributed by atoms with E-state index in [2.05, 4.69) is 33.9 Å². The molecule has 0 saturated carbocycles. The Morgan fingerprint density at radius 2 is 1.81 bits per heavy atom. The first-order valence-corrected chi connectivity index (χ1v) is 18.5. The van der Waals surface area contributed by atoms with Crippen molar-refractivity contribution >= 4 is 30.7 Å². The summed E-state index contributed by atoms with van der Waals surface area (Å²) in [5, 5.41) is 13.8. The van der Waals surface area contributed by atoms with Crippen LogP contribution in [0.4, 0.5) is 10.2 Å². The van der Waals surface area contributed by atoms with Crippen LogP contribution >= 0.6 is 7.75 Å². The molecule has 4 rings (SSSR count). The van der Waals surface area contributed by atoms with Crippen LogP contribution in [0.15, 0.2) is 36.7 Å². The lowest BCUT2D eigenvalue weighted by molar-refractivity contribution is -0.151. The first kappa shape index (κ1) is 37.7. The van der Waals surface area contributed by atoms with Crippen molar-refractivity contribution in [3.63, 3.8) is 0 Å². The number of esters is 1. The van der Waals surface area contributed by atoms with Crippen molar-refractivity contribution in [2.75, 3.05) is 12.3 Å². The van der Waals surface area contributed by atoms with E-state index in [0.717, 1.165) is 64.2 Å². The van der Waals surface area contributed by atoms with Crippen LogP contribution in [0.25, 0.3) is 11.2 Å². The molecule has 1 saturated heterocycles. The summed E-state index contributed by atoms with van der Waals surface area (Å²) < 4.78 is 53.5. The number of halogens is 1. The molecule has 1 aliphatic rings. The van der Waals surface area contributed by atoms with Gasteiger partial charge in [-0.05, 0) is 51.7 Å². The molecule has 2 aromatic heterocycles. The molecule has 4 N–H and O–H groups in total. The number of fused-ring (bicyclic) bond motifs is 1. The van der Waals surface area contributed by atoms with Gasteiger partial charge in [0.2, 0.25) is 0 Å². The number of nitrogens with zero attached hydrogens (tertiary/aromatic N) is 4. The minimum atomic E-state index is -4.26. The van der Waals surface area contributed by atoms with E-state index in [1.807, 2.05) is 0 Å². The number of benzene rings is 1. The Morgan fingerprint density at radius 1 is 1.15 bits per heavy atom. The summed E-state index contributed by atoms with van der Waals surface area (Å²) in [6.45, 7) is 7.06. The molecule has 13 nitrogen and oxygen atoms in total. The van der Waals surface area contributed by atoms with E-state index in [9.17, 15) is 18.9 Å². The maximum absolute atomic E-state index is 14.2. The van der Waals surface area contributed by atoms with Gasteiger partial charge in [-0.25, -0.2) is 9.55 Å². The average Bonchev–Trinajstić information content (AvgIpc) is 3.61. The molecule has 48 heavy (non-hydrogen) atoms. The van der Waals surface area contributed by atoms with Crippen molar-refractivity contribution in [2.24, 2.45) is 0 Å². The predicted molar refractivity (Wildman–Crippen MR) is 179 cm³/mol. The fourth-order valence-electron chi connectivity index (χ4n) is 5.64. The van der Waals surface area contributed by atoms with E-state index in [1.165, 1.54) is 10.9 Å². The highest BCUT2D eigenvalue weighted by Crippen LogP contribution is 2.48. The molecule has 1 unspecified atom stereocenters. The first-order chi connectivity index (χ1) is 23.0. The van der Waals surface area contributed by atoms with Crippen LogP contribution in [0.1, 0.15) is 105 Å². The van der Waals surface area contributed by atoms with E-state index in [4.69, 9.17) is 24.3 Å². The average molecular weight is 693 g/mol. The van der Waals surface area contributed by atoms with E-state index >= 15 is 0 Å². The summed E-state index contributed by atoms with van der Waals surface area (Å²) in [7, 11) is -4.26. The van der Waals surface area contributed by atoms with Crippen LogP contribution in [0.2, 0.25) is 0 Å². The number of unbranched alkanes of at least 4 members (excludes halogenated alkanes) is 6. The van der Waals surface area contributed by atoms with Crippen LogP contribution in [0.5, 0.6) is 5.75 Å². The predicted octanol–water partition coefficient (Wildman–Crippen LogP) is 6.62. The highest BCUT2D eigenvalue weighted by Gasteiger charge is 2.48. The van der Waals surface area contributed by atoms with Crippen molar-refractivity contribution in [1.29, 1.82) is 0 Å². The van der Waals surface area contributed by atoms with Gasteiger partial charge in [-0.15, -0.1) is 0 Å². The number of aliphatic hydroxyl groups excluding tert-OH is 1. The summed E-state index contributed by atoms with van der Waals surface area (Å²) in [6, 6.07) is 7.38. The van der Waals surface area contributed by atoms with Gasteiger partial charge in [-0.2, -0.15) is 19.4 Å². The van der Waals surface area contributed by atoms with Gasteiger partial charge in [0, 0.05) is 6.42 Å². The number of aromatic nitrogens is 4. The van der Waals surface area contributed by atoms with Gasteiger partial charge in [0.25, 0.3) is 0 Å². The van der Waals surface area contributed by atoms with Crippen molar-refractivity contribution < 1.29 is 37.4 Å². The minimum Gasteiger partial charge on any atom is -0.461 e. The van der Waals surface area contributed by atoms with Gasteiger partial charge in [-0.3, -0.25) is 13.9 Å². The number of anilines is 1. The molecule has 0 bridgehead atoms. The maximum atomic E-state index is 14.2. The third-order valence-electron chi connectivity index (χ3n) is 8.50. The summed E-state index contributed by atoms with van der Waals surface area (Å²) in [5.74, 6) is -0.438. The highest BCUT2D eigenvalue weighted by atomic mass is 31.2. The molecule has 0 spiro atoms. The van der Waals surface area contributed by atoms with Crippen LogP contribution in [-0.2, 0) is 23.4 Å². The topological polar surface area (TPSA) is 173 Å². The number of imidazole rings is 1. The van der Waals surface area contributed by atoms with Gasteiger partial charge in [0.05, 0.1) is 19.0 Å². The quantitative estimate of drug-likeness (QED) is 0.0501. The van der Waals surface area contributed by atoms with Gasteiger partial charge >= 0.3 is 19.8 Å². The van der Waals surface area contributed by atoms with Crippen LogP contribution in [-0.4, -0.2) is 61.1 Å². The molecule has 3 aromatic rings. The van der Waals surface area contributed by atoms with Crippen molar-refractivity contribution in [2.45, 2.75) is 128 Å². The number of hydrogen-bond acceptors (Lipinski definition) is 11. The minimum absolute atomic E-state index is 0.0642. The smallest absolute Gasteiger partial charge is 0.459 e. The second kappa shape index (κ2) is 17.5. The lowest BCUT2D eigenvalue weighted by atomic mass is 10.0. The van der Waals surface area contributed by atoms with Crippen molar-refractivity contribution in [3.8, 4) is 5.75 Å². The number of aliphatic hydroxyl groups is 1. The number of carbonyl (C=O) groups is 1. The largest absolute Gasteiger partial charge is 0.461 e. The highest BCUT2D eigenvalue weighted by molar-refractivity contribution is 7.52. The summed E-state index contributed by atoms with van der Waals surface area (Å²) in [5.41, 5.74) is 4.70. The molecule has 15 heteroatoms. The van der Waals surface area contributed by atoms with Crippen LogP contribution in [0, 0.1) is 6.08 Å². The number of nitrogen functional groups attached to an aromatic ring is 1. The Labute approximate surface area is 281 Å². The number of rotatable bonds is 20. The van der Waals surface area contributed by atoms with E-state index in [0.29, 0.717) is 0 Å². The maximum Gasteiger partial charge on any atom is 0.459 e. The Kier molecular flexibility index (Phi) is 13.7. The Morgan fingerprint density at radius 3 is 2.46 bits per heavy atom. The Hall–Kier alpha value is -3.16. The molecule has 1 aliphatic heterocycles. The standard InChI is InChI=1S/C33H50FN6O7P/c1-5-7-9-12-16-24(17-13-10-8-6-2)45-31(42)23(3)39-48(43,47-25-18-14-11-15-19-25)44-21-33(4)26(41)20-27(46-33)40-22-36-28-29(35)37-32(34)38-30(28)40/h11,14-15,18-19,22-24,26-27,41H,5-10,12-13,16-17,20-21H2,1-4H3,(H,39,43)(H2,35,37,38)/t23-,26-,27+,33+,48?/m0/s1. The Balaban J connectivity index is 1.45. The van der Waals surface area contributed by atoms with Crippen LogP contribution < -0.4 is 15.3 Å². The van der Waals surface area contributed by atoms with Crippen molar-refractivity contribution in [1.82, 2.24) is 24.6 Å². The summed E-state index contributed by atoms with van der Waals surface area (Å²) in [6.07, 6.45) is 8.36. The van der Waals surface area contributed by atoms with E-state index in [1.54, 1.807) is 44.2 Å². The second-order valence-corrected chi connectivity index (χ2v) is 14.3. The Bertz CT molecular complexity index is 1500. The number of nitrogens with one attached hydrogen (secondary N) is 1.